The Balaban J connectivity index is 3.40. The van der Waals surface area contributed by atoms with E-state index in [1.165, 1.54) is 0 Å². The van der Waals surface area contributed by atoms with E-state index in [0.29, 0.717) is 12.1 Å². The van der Waals surface area contributed by atoms with Gasteiger partial charge >= 0.3 is 18.0 Å². The molecule has 1 radical (unpaired) electrons. The summed E-state index contributed by atoms with van der Waals surface area (Å²) in [6.07, 6.45) is -10.6. The monoisotopic (exact) mass is 269 g/mol. The Labute approximate surface area is 98.4 Å². The first-order valence-electron chi connectivity index (χ1n) is 4.55. The van der Waals surface area contributed by atoms with Crippen LogP contribution in [0.3, 0.4) is 0 Å². The molecule has 0 aliphatic carbocycles. The van der Waals surface area contributed by atoms with Crippen LogP contribution in [0.25, 0.3) is 6.08 Å². The highest BCUT2D eigenvalue weighted by molar-refractivity contribution is 5.47. The molecule has 1 unspecified atom stereocenters. The van der Waals surface area contributed by atoms with Gasteiger partial charge in [0.2, 0.25) is 0 Å². The van der Waals surface area contributed by atoms with E-state index in [4.69, 9.17) is 11.7 Å². The Kier molecular flexibility index (Phi) is 3.49. The van der Waals surface area contributed by atoms with Crippen LogP contribution in [0.4, 0.5) is 26.3 Å². The van der Waals surface area contributed by atoms with Crippen LogP contribution in [-0.4, -0.2) is 17.4 Å². The third-order valence-corrected chi connectivity index (χ3v) is 2.31. The normalized spacial score (nSPS) is 16.2. The maximum atomic E-state index is 13.6. The third kappa shape index (κ3) is 2.22. The van der Waals surface area contributed by atoms with Gasteiger partial charge in [0, 0.05) is 5.56 Å². The minimum atomic E-state index is -5.97. The summed E-state index contributed by atoms with van der Waals surface area (Å²) in [5.41, 5.74) is -6.37. The number of aliphatic hydroxyl groups is 1. The van der Waals surface area contributed by atoms with E-state index in [-0.39, 0.29) is 5.56 Å². The molecule has 0 heterocycles. The first-order chi connectivity index (χ1) is 8.04. The van der Waals surface area contributed by atoms with Crippen molar-refractivity contribution in [3.05, 3.63) is 42.0 Å². The van der Waals surface area contributed by atoms with Crippen molar-refractivity contribution < 1.29 is 31.4 Å². The van der Waals surface area contributed by atoms with Crippen LogP contribution >= 0.6 is 0 Å². The van der Waals surface area contributed by atoms with E-state index in [0.717, 1.165) is 18.2 Å². The molecule has 1 N–H and O–H groups in total. The number of hydrogen-bond donors (Lipinski definition) is 1. The van der Waals surface area contributed by atoms with Crippen LogP contribution in [0.1, 0.15) is 11.1 Å². The van der Waals surface area contributed by atoms with Gasteiger partial charge in [-0.1, -0.05) is 36.9 Å². The van der Waals surface area contributed by atoms with E-state index in [2.05, 4.69) is 0 Å². The molecule has 18 heavy (non-hydrogen) atoms. The highest BCUT2D eigenvalue weighted by Crippen LogP contribution is 2.51. The van der Waals surface area contributed by atoms with Gasteiger partial charge in [0.05, 0.1) is 0 Å². The highest BCUT2D eigenvalue weighted by atomic mass is 19.4. The van der Waals surface area contributed by atoms with Gasteiger partial charge in [-0.3, -0.25) is 0 Å². The lowest BCUT2D eigenvalue weighted by Gasteiger charge is -2.31. The number of hydrogen-bond acceptors (Lipinski definition) is 1. The van der Waals surface area contributed by atoms with Crippen LogP contribution in [0.15, 0.2) is 24.3 Å². The molecule has 0 saturated carbocycles. The highest BCUT2D eigenvalue weighted by Gasteiger charge is 2.72. The van der Waals surface area contributed by atoms with Gasteiger partial charge in [-0.2, -0.15) is 22.0 Å². The Morgan fingerprint density at radius 3 is 1.67 bits per heavy atom. The van der Waals surface area contributed by atoms with Crippen molar-refractivity contribution in [1.82, 2.24) is 0 Å². The van der Waals surface area contributed by atoms with Gasteiger partial charge in [-0.25, -0.2) is 4.39 Å². The van der Waals surface area contributed by atoms with E-state index in [1.54, 1.807) is 0 Å². The summed E-state index contributed by atoms with van der Waals surface area (Å²) >= 11 is 0. The van der Waals surface area contributed by atoms with Gasteiger partial charge in [-0.05, 0) is 5.56 Å². The fourth-order valence-electron chi connectivity index (χ4n) is 1.33. The van der Waals surface area contributed by atoms with Crippen LogP contribution in [-0.2, 0) is 5.67 Å². The van der Waals surface area contributed by atoms with Gasteiger partial charge in [0.1, 0.15) is 0 Å². The molecule has 0 bridgehead atoms. The molecular weight excluding hydrogens is 262 g/mol. The van der Waals surface area contributed by atoms with Gasteiger partial charge in [-0.15, -0.1) is 0 Å². The Morgan fingerprint density at radius 2 is 1.39 bits per heavy atom. The summed E-state index contributed by atoms with van der Waals surface area (Å²) in [7, 11) is 0. The van der Waals surface area contributed by atoms with E-state index < -0.39 is 23.5 Å². The summed E-state index contributed by atoms with van der Waals surface area (Å²) in [6, 6.07) is 2.80. The predicted octanol–water partition coefficient (Wildman–Crippen LogP) is 3.44. The zero-order valence-corrected chi connectivity index (χ0v) is 8.68. The van der Waals surface area contributed by atoms with Crippen molar-refractivity contribution in [3.8, 4) is 0 Å². The molecule has 7 heteroatoms. The molecule has 1 rings (SSSR count). The average Bonchev–Trinajstić information content (AvgIpc) is 2.25. The van der Waals surface area contributed by atoms with Crippen LogP contribution in [0.2, 0.25) is 0 Å². The van der Waals surface area contributed by atoms with E-state index in [1.807, 2.05) is 0 Å². The maximum Gasteiger partial charge on any atom is 0.435 e. The first kappa shape index (κ1) is 14.6. The summed E-state index contributed by atoms with van der Waals surface area (Å²) in [6.45, 7) is 5.04. The molecule has 0 fully saturated rings. The van der Waals surface area contributed by atoms with Crippen LogP contribution < -0.4 is 0 Å². The third-order valence-electron chi connectivity index (χ3n) is 2.31. The Bertz CT molecular complexity index is 414. The number of halogens is 6. The minimum absolute atomic E-state index is 0.213. The zero-order chi connectivity index (χ0) is 14.2. The van der Waals surface area contributed by atoms with Crippen LogP contribution in [0, 0.1) is 6.58 Å². The second-order valence-corrected chi connectivity index (χ2v) is 3.49. The smallest absolute Gasteiger partial charge is 0.333 e. The standard InChI is InChI=1S/C11H7F6O/c1-2-7-3-5-8(6-4-7)9(12,10(13,14)15)11(16,17)18/h1-6,18H. The van der Waals surface area contributed by atoms with Crippen molar-refractivity contribution in [2.45, 2.75) is 18.0 Å². The molecule has 0 aliphatic rings. The molecule has 0 aliphatic heterocycles. The van der Waals surface area contributed by atoms with Gasteiger partial charge in [0.25, 0.3) is 0 Å². The largest absolute Gasteiger partial charge is 0.435 e. The molecule has 0 aromatic heterocycles. The average molecular weight is 269 g/mol. The summed E-state index contributed by atoms with van der Waals surface area (Å²) in [4.78, 5) is 0. The lowest BCUT2D eigenvalue weighted by Crippen LogP contribution is -2.52. The van der Waals surface area contributed by atoms with E-state index >= 15 is 0 Å². The molecule has 1 aromatic carbocycles. The topological polar surface area (TPSA) is 20.2 Å². The van der Waals surface area contributed by atoms with Crippen molar-refractivity contribution in [1.29, 1.82) is 0 Å². The minimum Gasteiger partial charge on any atom is -0.333 e. The Morgan fingerprint density at radius 1 is 0.944 bits per heavy atom. The fourth-order valence-corrected chi connectivity index (χ4v) is 1.33. The summed E-state index contributed by atoms with van der Waals surface area (Å²) in [5, 5.41) is 8.19. The van der Waals surface area contributed by atoms with Crippen molar-refractivity contribution in [2.24, 2.45) is 0 Å². The van der Waals surface area contributed by atoms with Crippen molar-refractivity contribution in [2.75, 3.05) is 0 Å². The van der Waals surface area contributed by atoms with Crippen LogP contribution in [0.5, 0.6) is 0 Å². The quantitative estimate of drug-likeness (QED) is 0.833. The van der Waals surface area contributed by atoms with Crippen molar-refractivity contribution >= 4 is 6.08 Å². The lowest BCUT2D eigenvalue weighted by atomic mass is 9.93. The molecule has 1 atom stereocenters. The maximum absolute atomic E-state index is 13.6. The van der Waals surface area contributed by atoms with E-state index in [9.17, 15) is 26.3 Å². The number of alkyl halides is 6. The predicted molar refractivity (Wildman–Crippen MR) is 51.2 cm³/mol. The first-order valence-corrected chi connectivity index (χ1v) is 4.55. The second kappa shape index (κ2) is 4.31. The number of benzene rings is 1. The number of rotatable bonds is 3. The molecule has 0 amide bonds. The Hall–Kier alpha value is -1.50. The lowest BCUT2D eigenvalue weighted by molar-refractivity contribution is -0.375. The van der Waals surface area contributed by atoms with Crippen molar-refractivity contribution in [3.63, 3.8) is 0 Å². The molecule has 0 spiro atoms. The second-order valence-electron chi connectivity index (χ2n) is 3.49. The van der Waals surface area contributed by atoms with Gasteiger partial charge < -0.3 is 5.11 Å². The molecule has 1 nitrogen and oxygen atoms in total. The summed E-state index contributed by atoms with van der Waals surface area (Å²) in [5.74, 6) is 0. The SMILES string of the molecule is [CH]=Cc1ccc(C(F)(C(O)(F)F)C(F)(F)F)cc1. The zero-order valence-electron chi connectivity index (χ0n) is 8.68. The van der Waals surface area contributed by atoms with Gasteiger partial charge in [0.15, 0.2) is 0 Å². The molecule has 99 valence electrons. The molecule has 1 aromatic rings. The summed E-state index contributed by atoms with van der Waals surface area (Å²) < 4.78 is 76.0. The molecular formula is C11H7F6O. The molecule has 0 saturated heterocycles. The fraction of sp³-hybridized carbons (Fsp3) is 0.273.